The standard InChI is InChI=1S/C11H8N4O/c12-15-11(16)10-4-9(6-14-7-10)8-2-1-3-13-5-8/h1-7,12H. The fourth-order valence-electron chi connectivity index (χ4n) is 1.31. The lowest BCUT2D eigenvalue weighted by molar-refractivity contribution is 0.0990. The van der Waals surface area contributed by atoms with Crippen LogP contribution in [0.1, 0.15) is 10.4 Å². The Morgan fingerprint density at radius 1 is 1.19 bits per heavy atom. The number of nitrogens with zero attached hydrogens (tertiary/aromatic N) is 3. The second-order valence-corrected chi connectivity index (χ2v) is 3.12. The van der Waals surface area contributed by atoms with Crippen molar-refractivity contribution in [2.45, 2.75) is 0 Å². The van der Waals surface area contributed by atoms with Crippen LogP contribution >= 0.6 is 0 Å². The Kier molecular flexibility index (Phi) is 2.77. The van der Waals surface area contributed by atoms with E-state index in [9.17, 15) is 4.79 Å². The summed E-state index contributed by atoms with van der Waals surface area (Å²) in [6.07, 6.45) is 6.38. The molecule has 1 amide bonds. The molecule has 0 spiro atoms. The second-order valence-electron chi connectivity index (χ2n) is 3.12. The molecule has 0 saturated heterocycles. The first kappa shape index (κ1) is 10.1. The second kappa shape index (κ2) is 4.39. The number of rotatable bonds is 2. The van der Waals surface area contributed by atoms with Crippen LogP contribution in [0.2, 0.25) is 0 Å². The van der Waals surface area contributed by atoms with Gasteiger partial charge in [-0.05, 0) is 12.1 Å². The molecule has 5 nitrogen and oxygen atoms in total. The summed E-state index contributed by atoms with van der Waals surface area (Å²) in [5, 5.41) is 2.85. The van der Waals surface area contributed by atoms with E-state index in [2.05, 4.69) is 15.1 Å². The Balaban J connectivity index is 2.44. The van der Waals surface area contributed by atoms with Crippen LogP contribution in [0.25, 0.3) is 11.1 Å². The maximum atomic E-state index is 11.2. The molecule has 2 aromatic heterocycles. The Morgan fingerprint density at radius 3 is 2.69 bits per heavy atom. The van der Waals surface area contributed by atoms with Crippen LogP contribution in [-0.2, 0) is 0 Å². The Bertz CT molecular complexity index is 525. The molecule has 0 aliphatic carbocycles. The normalized spacial score (nSPS) is 9.75. The highest BCUT2D eigenvalue weighted by Crippen LogP contribution is 2.18. The number of pyridine rings is 2. The fraction of sp³-hybridized carbons (Fsp3) is 0. The number of carbonyl (C=O) groups is 1. The van der Waals surface area contributed by atoms with Crippen molar-refractivity contribution in [1.29, 1.82) is 5.53 Å². The summed E-state index contributed by atoms with van der Waals surface area (Å²) >= 11 is 0. The van der Waals surface area contributed by atoms with Gasteiger partial charge in [0.15, 0.2) is 0 Å². The van der Waals surface area contributed by atoms with Crippen molar-refractivity contribution >= 4 is 5.91 Å². The first-order valence-corrected chi connectivity index (χ1v) is 4.58. The third-order valence-corrected chi connectivity index (χ3v) is 2.08. The molecule has 0 aliphatic heterocycles. The van der Waals surface area contributed by atoms with E-state index >= 15 is 0 Å². The van der Waals surface area contributed by atoms with Gasteiger partial charge in [-0.15, -0.1) is 5.11 Å². The molecule has 0 aromatic carbocycles. The van der Waals surface area contributed by atoms with Crippen molar-refractivity contribution < 1.29 is 4.79 Å². The summed E-state index contributed by atoms with van der Waals surface area (Å²) in [6.45, 7) is 0. The number of aromatic nitrogens is 2. The molecule has 16 heavy (non-hydrogen) atoms. The zero-order valence-corrected chi connectivity index (χ0v) is 8.29. The van der Waals surface area contributed by atoms with Crippen molar-refractivity contribution in [2.24, 2.45) is 5.11 Å². The largest absolute Gasteiger partial charge is 0.296 e. The molecular formula is C11H8N4O. The molecule has 2 aromatic rings. The molecule has 0 unspecified atom stereocenters. The molecule has 0 aliphatic rings. The first-order valence-electron chi connectivity index (χ1n) is 4.58. The molecule has 1 N–H and O–H groups in total. The highest BCUT2D eigenvalue weighted by atomic mass is 16.1. The summed E-state index contributed by atoms with van der Waals surface area (Å²) in [5.41, 5.74) is 8.61. The molecule has 0 atom stereocenters. The Hall–Kier alpha value is -2.43. The zero-order valence-electron chi connectivity index (χ0n) is 8.29. The van der Waals surface area contributed by atoms with E-state index in [1.54, 1.807) is 30.7 Å². The minimum atomic E-state index is -0.599. The van der Waals surface area contributed by atoms with Gasteiger partial charge in [0.25, 0.3) is 5.91 Å². The number of carbonyl (C=O) groups excluding carboxylic acids is 1. The van der Waals surface area contributed by atoms with Gasteiger partial charge >= 0.3 is 0 Å². The van der Waals surface area contributed by atoms with E-state index in [1.807, 2.05) is 6.07 Å². The number of nitrogens with one attached hydrogen (secondary N) is 1. The maximum absolute atomic E-state index is 11.2. The van der Waals surface area contributed by atoms with Gasteiger partial charge in [-0.1, -0.05) is 6.07 Å². The van der Waals surface area contributed by atoms with Gasteiger partial charge in [0, 0.05) is 35.9 Å². The van der Waals surface area contributed by atoms with Crippen molar-refractivity contribution in [2.75, 3.05) is 0 Å². The highest BCUT2D eigenvalue weighted by molar-refractivity contribution is 5.95. The third-order valence-electron chi connectivity index (χ3n) is 2.08. The van der Waals surface area contributed by atoms with Crippen LogP contribution in [0, 0.1) is 5.53 Å². The van der Waals surface area contributed by atoms with Crippen LogP contribution in [0.15, 0.2) is 48.1 Å². The predicted molar refractivity (Wildman–Crippen MR) is 56.9 cm³/mol. The molecule has 0 saturated carbocycles. The maximum Gasteiger partial charge on any atom is 0.296 e. The number of hydrogen-bond donors (Lipinski definition) is 1. The highest BCUT2D eigenvalue weighted by Gasteiger charge is 2.06. The lowest BCUT2D eigenvalue weighted by Crippen LogP contribution is -1.95. The fourth-order valence-corrected chi connectivity index (χ4v) is 1.31. The quantitative estimate of drug-likeness (QED) is 0.775. The lowest BCUT2D eigenvalue weighted by Gasteiger charge is -2.01. The van der Waals surface area contributed by atoms with Crippen LogP contribution in [0.4, 0.5) is 0 Å². The number of hydrogen-bond acceptors (Lipinski definition) is 4. The lowest BCUT2D eigenvalue weighted by atomic mass is 10.1. The van der Waals surface area contributed by atoms with E-state index in [0.29, 0.717) is 5.56 Å². The average Bonchev–Trinajstić information content (AvgIpc) is 2.39. The van der Waals surface area contributed by atoms with Crippen molar-refractivity contribution in [3.05, 3.63) is 48.5 Å². The first-order chi connectivity index (χ1) is 7.81. The topological polar surface area (TPSA) is 79.1 Å². The number of amides is 1. The van der Waals surface area contributed by atoms with Gasteiger partial charge < -0.3 is 0 Å². The molecule has 0 fully saturated rings. The summed E-state index contributed by atoms with van der Waals surface area (Å²) in [4.78, 5) is 19.1. The molecule has 0 radical (unpaired) electrons. The van der Waals surface area contributed by atoms with Crippen molar-refractivity contribution in [3.8, 4) is 11.1 Å². The van der Waals surface area contributed by atoms with Gasteiger partial charge in [0.1, 0.15) is 0 Å². The van der Waals surface area contributed by atoms with Crippen LogP contribution in [0.3, 0.4) is 0 Å². The summed E-state index contributed by atoms with van der Waals surface area (Å²) in [6, 6.07) is 5.32. The molecular weight excluding hydrogens is 204 g/mol. The molecule has 78 valence electrons. The minimum absolute atomic E-state index is 0.302. The molecule has 2 heterocycles. The third kappa shape index (κ3) is 1.98. The summed E-state index contributed by atoms with van der Waals surface area (Å²) in [7, 11) is 0. The minimum Gasteiger partial charge on any atom is -0.265 e. The predicted octanol–water partition coefficient (Wildman–Crippen LogP) is 2.31. The Morgan fingerprint density at radius 2 is 2.00 bits per heavy atom. The summed E-state index contributed by atoms with van der Waals surface area (Å²) in [5.74, 6) is -0.599. The van der Waals surface area contributed by atoms with Gasteiger partial charge in [0.2, 0.25) is 0 Å². The summed E-state index contributed by atoms with van der Waals surface area (Å²) < 4.78 is 0. The van der Waals surface area contributed by atoms with E-state index in [0.717, 1.165) is 11.1 Å². The van der Waals surface area contributed by atoms with E-state index in [4.69, 9.17) is 5.53 Å². The van der Waals surface area contributed by atoms with Gasteiger partial charge in [-0.3, -0.25) is 14.8 Å². The van der Waals surface area contributed by atoms with E-state index < -0.39 is 5.91 Å². The molecule has 2 rings (SSSR count). The van der Waals surface area contributed by atoms with E-state index in [1.165, 1.54) is 6.20 Å². The van der Waals surface area contributed by atoms with Gasteiger partial charge in [0.05, 0.1) is 5.56 Å². The van der Waals surface area contributed by atoms with Gasteiger partial charge in [-0.2, -0.15) is 0 Å². The van der Waals surface area contributed by atoms with Crippen molar-refractivity contribution in [3.63, 3.8) is 0 Å². The van der Waals surface area contributed by atoms with Crippen molar-refractivity contribution in [1.82, 2.24) is 9.97 Å². The van der Waals surface area contributed by atoms with Crippen LogP contribution in [-0.4, -0.2) is 15.9 Å². The van der Waals surface area contributed by atoms with E-state index in [-0.39, 0.29) is 0 Å². The Labute approximate surface area is 91.7 Å². The molecule has 0 bridgehead atoms. The smallest absolute Gasteiger partial charge is 0.265 e. The molecule has 5 heteroatoms. The van der Waals surface area contributed by atoms with Crippen LogP contribution in [0.5, 0.6) is 0 Å². The zero-order chi connectivity index (χ0) is 11.4. The SMILES string of the molecule is N=NC(=O)c1cncc(-c2cccnc2)c1. The van der Waals surface area contributed by atoms with Gasteiger partial charge in [-0.25, -0.2) is 5.53 Å². The average molecular weight is 212 g/mol. The monoisotopic (exact) mass is 212 g/mol. The van der Waals surface area contributed by atoms with Crippen LogP contribution < -0.4 is 0 Å².